The fourth-order valence-electron chi connectivity index (χ4n) is 2.06. The van der Waals surface area contributed by atoms with Gasteiger partial charge in [0, 0.05) is 11.0 Å². The number of amides is 1. The smallest absolute Gasteiger partial charge is 0.261 e. The number of carbonyl (C=O) groups is 1. The Bertz CT molecular complexity index is 397. The number of hydrogen-bond acceptors (Lipinski definition) is 3. The number of rotatable bonds is 5. The third kappa shape index (κ3) is 4.05. The second-order valence-corrected chi connectivity index (χ2v) is 7.61. The first kappa shape index (κ1) is 14.5. The topological polar surface area (TPSA) is 32.3 Å². The van der Waals surface area contributed by atoms with Gasteiger partial charge in [0.1, 0.15) is 0 Å². The van der Waals surface area contributed by atoms with Crippen LogP contribution in [0.25, 0.3) is 0 Å². The summed E-state index contributed by atoms with van der Waals surface area (Å²) in [7, 11) is 0. The Labute approximate surface area is 128 Å². The first-order chi connectivity index (χ1) is 8.66. The van der Waals surface area contributed by atoms with E-state index in [4.69, 9.17) is 0 Å². The molecule has 1 aliphatic rings. The molecule has 2 rings (SSSR count). The summed E-state index contributed by atoms with van der Waals surface area (Å²) in [6.45, 7) is 4.29. The van der Waals surface area contributed by atoms with Crippen molar-refractivity contribution in [2.45, 2.75) is 19.3 Å². The maximum atomic E-state index is 11.9. The first-order valence-electron chi connectivity index (χ1n) is 6.12. The van der Waals surface area contributed by atoms with Gasteiger partial charge in [0.15, 0.2) is 0 Å². The van der Waals surface area contributed by atoms with E-state index in [2.05, 4.69) is 42.1 Å². The Hall–Kier alpha value is 0.0900. The lowest BCUT2D eigenvalue weighted by Crippen LogP contribution is -2.28. The van der Waals surface area contributed by atoms with Crippen molar-refractivity contribution in [3.63, 3.8) is 0 Å². The van der Waals surface area contributed by atoms with Crippen molar-refractivity contribution in [3.8, 4) is 0 Å². The summed E-state index contributed by atoms with van der Waals surface area (Å²) in [4.78, 5) is 15.1. The highest BCUT2D eigenvalue weighted by Gasteiger charge is 2.13. The minimum Gasteiger partial charge on any atom is -0.351 e. The van der Waals surface area contributed by atoms with E-state index in [9.17, 15) is 4.79 Å². The Balaban J connectivity index is 1.68. The van der Waals surface area contributed by atoms with Crippen molar-refractivity contribution in [1.29, 1.82) is 0 Å². The van der Waals surface area contributed by atoms with E-state index in [1.807, 2.05) is 6.07 Å². The Morgan fingerprint density at radius 3 is 2.72 bits per heavy atom. The van der Waals surface area contributed by atoms with Gasteiger partial charge in [-0.3, -0.25) is 4.79 Å². The third-order valence-electron chi connectivity index (χ3n) is 3.00. The van der Waals surface area contributed by atoms with E-state index in [1.165, 1.54) is 37.3 Å². The molecule has 1 N–H and O–H groups in total. The minimum absolute atomic E-state index is 0.0211. The molecule has 1 fully saturated rings. The molecule has 0 radical (unpaired) electrons. The SMILES string of the molecule is O=C(NCCCN1CCCC1)c1cc(Br)c(Br)s1. The van der Waals surface area contributed by atoms with Crippen molar-refractivity contribution in [3.05, 3.63) is 19.2 Å². The highest BCUT2D eigenvalue weighted by atomic mass is 79.9. The summed E-state index contributed by atoms with van der Waals surface area (Å²) in [5, 5.41) is 2.97. The van der Waals surface area contributed by atoms with E-state index >= 15 is 0 Å². The molecule has 0 aliphatic carbocycles. The van der Waals surface area contributed by atoms with Gasteiger partial charge >= 0.3 is 0 Å². The maximum Gasteiger partial charge on any atom is 0.261 e. The molecule has 0 unspecified atom stereocenters. The molecule has 6 heteroatoms. The molecular formula is C12H16Br2N2OS. The summed E-state index contributed by atoms with van der Waals surface area (Å²) in [6, 6.07) is 1.85. The zero-order valence-electron chi connectivity index (χ0n) is 10.0. The molecule has 0 spiro atoms. The van der Waals surface area contributed by atoms with Crippen molar-refractivity contribution in [2.75, 3.05) is 26.2 Å². The molecular weight excluding hydrogens is 380 g/mol. The predicted octanol–water partition coefficient (Wildman–Crippen LogP) is 3.49. The van der Waals surface area contributed by atoms with Gasteiger partial charge in [-0.05, 0) is 76.8 Å². The largest absolute Gasteiger partial charge is 0.351 e. The van der Waals surface area contributed by atoms with Crippen LogP contribution in [0, 0.1) is 0 Å². The molecule has 0 atom stereocenters. The predicted molar refractivity (Wildman–Crippen MR) is 82.3 cm³/mol. The van der Waals surface area contributed by atoms with Gasteiger partial charge < -0.3 is 10.2 Å². The van der Waals surface area contributed by atoms with E-state index < -0.39 is 0 Å². The number of hydrogen-bond donors (Lipinski definition) is 1. The van der Waals surface area contributed by atoms with Crippen molar-refractivity contribution >= 4 is 49.1 Å². The van der Waals surface area contributed by atoms with E-state index in [0.29, 0.717) is 0 Å². The molecule has 1 aromatic heterocycles. The first-order valence-corrected chi connectivity index (χ1v) is 8.52. The van der Waals surface area contributed by atoms with Gasteiger partial charge in [-0.2, -0.15) is 0 Å². The summed E-state index contributed by atoms with van der Waals surface area (Å²) in [6.07, 6.45) is 3.67. The van der Waals surface area contributed by atoms with E-state index in [0.717, 1.165) is 32.6 Å². The van der Waals surface area contributed by atoms with E-state index in [-0.39, 0.29) is 5.91 Å². The van der Waals surface area contributed by atoms with Crippen LogP contribution in [-0.2, 0) is 0 Å². The van der Waals surface area contributed by atoms with Crippen LogP contribution in [0.15, 0.2) is 14.3 Å². The summed E-state index contributed by atoms with van der Waals surface area (Å²) < 4.78 is 1.90. The highest BCUT2D eigenvalue weighted by Crippen LogP contribution is 2.32. The average molecular weight is 396 g/mol. The van der Waals surface area contributed by atoms with Crippen molar-refractivity contribution < 1.29 is 4.79 Å². The van der Waals surface area contributed by atoms with Crippen LogP contribution in [0.2, 0.25) is 0 Å². The summed E-state index contributed by atoms with van der Waals surface area (Å²) in [5.41, 5.74) is 0. The molecule has 100 valence electrons. The number of thiophene rings is 1. The molecule has 2 heterocycles. The number of likely N-dealkylation sites (tertiary alicyclic amines) is 1. The number of nitrogens with zero attached hydrogens (tertiary/aromatic N) is 1. The van der Waals surface area contributed by atoms with Gasteiger partial charge in [0.25, 0.3) is 5.91 Å². The Morgan fingerprint density at radius 2 is 2.11 bits per heavy atom. The quantitative estimate of drug-likeness (QED) is 0.774. The van der Waals surface area contributed by atoms with Crippen LogP contribution < -0.4 is 5.32 Å². The summed E-state index contributed by atoms with van der Waals surface area (Å²) in [5.74, 6) is 0.0211. The van der Waals surface area contributed by atoms with Gasteiger partial charge in [-0.1, -0.05) is 0 Å². The molecule has 0 saturated carbocycles. The van der Waals surface area contributed by atoms with Crippen LogP contribution >= 0.6 is 43.2 Å². The Kier molecular flexibility index (Phi) is 5.66. The summed E-state index contributed by atoms with van der Waals surface area (Å²) >= 11 is 8.24. The van der Waals surface area contributed by atoms with Crippen LogP contribution in [0.3, 0.4) is 0 Å². The van der Waals surface area contributed by atoms with Gasteiger partial charge in [0.2, 0.25) is 0 Å². The molecule has 1 saturated heterocycles. The second kappa shape index (κ2) is 7.03. The van der Waals surface area contributed by atoms with Crippen molar-refractivity contribution in [1.82, 2.24) is 10.2 Å². The highest BCUT2D eigenvalue weighted by molar-refractivity contribution is 9.13. The van der Waals surface area contributed by atoms with Crippen molar-refractivity contribution in [2.24, 2.45) is 0 Å². The van der Waals surface area contributed by atoms with Crippen LogP contribution in [0.1, 0.15) is 28.9 Å². The third-order valence-corrected chi connectivity index (χ3v) is 6.26. The maximum absolute atomic E-state index is 11.9. The lowest BCUT2D eigenvalue weighted by Gasteiger charge is -2.14. The molecule has 0 aromatic carbocycles. The lowest BCUT2D eigenvalue weighted by molar-refractivity contribution is 0.0956. The zero-order chi connectivity index (χ0) is 13.0. The number of halogens is 2. The molecule has 1 amide bonds. The number of nitrogens with one attached hydrogen (secondary N) is 1. The fourth-order valence-corrected chi connectivity index (χ4v) is 4.01. The molecule has 1 aliphatic heterocycles. The lowest BCUT2D eigenvalue weighted by atomic mass is 10.3. The standard InChI is InChI=1S/C12H16Br2N2OS/c13-9-8-10(18-11(9)14)12(17)15-4-3-7-16-5-1-2-6-16/h8H,1-7H2,(H,15,17). The molecule has 3 nitrogen and oxygen atoms in total. The van der Waals surface area contributed by atoms with Crippen LogP contribution in [0.4, 0.5) is 0 Å². The van der Waals surface area contributed by atoms with E-state index in [1.54, 1.807) is 0 Å². The fraction of sp³-hybridized carbons (Fsp3) is 0.583. The monoisotopic (exact) mass is 394 g/mol. The molecule has 0 bridgehead atoms. The van der Waals surface area contributed by atoms with Gasteiger partial charge in [-0.25, -0.2) is 0 Å². The molecule has 1 aromatic rings. The van der Waals surface area contributed by atoms with Crippen LogP contribution in [-0.4, -0.2) is 37.0 Å². The zero-order valence-corrected chi connectivity index (χ0v) is 14.0. The van der Waals surface area contributed by atoms with Gasteiger partial charge in [-0.15, -0.1) is 11.3 Å². The van der Waals surface area contributed by atoms with Gasteiger partial charge in [0.05, 0.1) is 8.66 Å². The van der Waals surface area contributed by atoms with Crippen LogP contribution in [0.5, 0.6) is 0 Å². The number of carbonyl (C=O) groups excluding carboxylic acids is 1. The molecule has 18 heavy (non-hydrogen) atoms. The second-order valence-electron chi connectivity index (χ2n) is 4.39. The normalized spacial score (nSPS) is 16.1. The minimum atomic E-state index is 0.0211. The Morgan fingerprint density at radius 1 is 1.39 bits per heavy atom. The average Bonchev–Trinajstić information content (AvgIpc) is 2.96.